The highest BCUT2D eigenvalue weighted by atomic mass is 35.5. The maximum atomic E-state index is 12.0. The van der Waals surface area contributed by atoms with Crippen LogP contribution in [0.4, 0.5) is 5.13 Å². The number of hydrogen-bond acceptors (Lipinski definition) is 6. The molecular weight excluding hydrogens is 453 g/mol. The van der Waals surface area contributed by atoms with E-state index in [0.717, 1.165) is 17.0 Å². The van der Waals surface area contributed by atoms with Gasteiger partial charge in [-0.25, -0.2) is 4.98 Å². The Hall–Kier alpha value is -2.39. The fraction of sp³-hybridized carbons (Fsp3) is 0.105. The number of anilines is 1. The Balaban J connectivity index is 1.51. The zero-order chi connectivity index (χ0) is 20.8. The summed E-state index contributed by atoms with van der Waals surface area (Å²) in [6, 6.07) is 12.3. The van der Waals surface area contributed by atoms with Gasteiger partial charge in [-0.2, -0.15) is 0 Å². The topological polar surface area (TPSA) is 72.5 Å². The molecule has 0 unspecified atom stereocenters. The minimum Gasteiger partial charge on any atom is -0.497 e. The van der Waals surface area contributed by atoms with Crippen molar-refractivity contribution < 1.29 is 14.3 Å². The van der Waals surface area contributed by atoms with E-state index in [1.807, 2.05) is 29.6 Å². The number of halogens is 2. The van der Waals surface area contributed by atoms with Crippen LogP contribution >= 0.6 is 46.8 Å². The van der Waals surface area contributed by atoms with Crippen LogP contribution in [-0.4, -0.2) is 29.7 Å². The first-order valence-electron chi connectivity index (χ1n) is 8.23. The van der Waals surface area contributed by atoms with Crippen LogP contribution in [-0.2, 0) is 4.79 Å². The first-order valence-corrected chi connectivity index (χ1v) is 10.3. The Labute approximate surface area is 186 Å². The smallest absolute Gasteiger partial charge is 0.264 e. The average Bonchev–Trinajstić information content (AvgIpc) is 3.15. The third-order valence-corrected chi connectivity index (χ3v) is 5.11. The number of methoxy groups -OCH3 is 1. The van der Waals surface area contributed by atoms with Crippen molar-refractivity contribution in [2.45, 2.75) is 0 Å². The van der Waals surface area contributed by atoms with Crippen LogP contribution in [0.1, 0.15) is 0 Å². The molecule has 1 aromatic heterocycles. The maximum Gasteiger partial charge on any atom is 0.264 e. The average molecular weight is 468 g/mol. The summed E-state index contributed by atoms with van der Waals surface area (Å²) in [6.07, 6.45) is 0. The van der Waals surface area contributed by atoms with E-state index < -0.39 is 5.91 Å². The summed E-state index contributed by atoms with van der Waals surface area (Å²) in [7, 11) is 1.62. The molecule has 0 spiro atoms. The maximum absolute atomic E-state index is 12.0. The highest BCUT2D eigenvalue weighted by molar-refractivity contribution is 7.80. The molecule has 2 aromatic carbocycles. The van der Waals surface area contributed by atoms with Gasteiger partial charge in [-0.1, -0.05) is 23.2 Å². The molecule has 150 valence electrons. The van der Waals surface area contributed by atoms with E-state index in [9.17, 15) is 4.79 Å². The minimum absolute atomic E-state index is 0.122. The van der Waals surface area contributed by atoms with Crippen LogP contribution in [0.25, 0.3) is 11.3 Å². The standard InChI is InChI=1S/C19H15Cl2N3O3S2/c1-26-13-5-2-11(3-6-13)15-10-29-19(22-15)24-18(28)23-17(25)9-27-16-7-4-12(20)8-14(16)21/h2-8,10H,9H2,1H3,(H2,22,23,24,25,28). The SMILES string of the molecule is COc1ccc(-c2csc(NC(=S)NC(=O)COc3ccc(Cl)cc3Cl)n2)cc1. The molecule has 0 fully saturated rings. The number of thiazole rings is 1. The van der Waals surface area contributed by atoms with Crippen molar-refractivity contribution in [2.75, 3.05) is 19.0 Å². The van der Waals surface area contributed by atoms with Crippen LogP contribution in [0.5, 0.6) is 11.5 Å². The third kappa shape index (κ3) is 6.04. The second-order valence-corrected chi connectivity index (χ2v) is 7.74. The van der Waals surface area contributed by atoms with Crippen molar-refractivity contribution in [1.29, 1.82) is 0 Å². The van der Waals surface area contributed by atoms with Gasteiger partial charge in [0, 0.05) is 16.0 Å². The minimum atomic E-state index is -0.430. The Morgan fingerprint density at radius 2 is 1.97 bits per heavy atom. The lowest BCUT2D eigenvalue weighted by Gasteiger charge is -2.10. The van der Waals surface area contributed by atoms with E-state index in [0.29, 0.717) is 20.9 Å². The molecule has 0 radical (unpaired) electrons. The van der Waals surface area contributed by atoms with Gasteiger partial charge in [0.15, 0.2) is 16.9 Å². The Morgan fingerprint density at radius 3 is 2.66 bits per heavy atom. The van der Waals surface area contributed by atoms with Gasteiger partial charge in [0.25, 0.3) is 5.91 Å². The highest BCUT2D eigenvalue weighted by Crippen LogP contribution is 2.28. The molecule has 2 N–H and O–H groups in total. The molecule has 0 saturated carbocycles. The number of carbonyl (C=O) groups excluding carboxylic acids is 1. The summed E-state index contributed by atoms with van der Waals surface area (Å²) >= 11 is 18.4. The van der Waals surface area contributed by atoms with Gasteiger partial charge in [0.1, 0.15) is 11.5 Å². The fourth-order valence-electron chi connectivity index (χ4n) is 2.25. The van der Waals surface area contributed by atoms with E-state index in [4.69, 9.17) is 44.9 Å². The van der Waals surface area contributed by atoms with Gasteiger partial charge in [0.05, 0.1) is 17.8 Å². The molecule has 0 saturated heterocycles. The predicted octanol–water partition coefficient (Wildman–Crippen LogP) is 5.02. The number of ether oxygens (including phenoxy) is 2. The van der Waals surface area contributed by atoms with Crippen LogP contribution in [0.3, 0.4) is 0 Å². The molecule has 3 aromatic rings. The van der Waals surface area contributed by atoms with Crippen LogP contribution in [0, 0.1) is 0 Å². The molecule has 0 atom stereocenters. The number of benzene rings is 2. The first-order chi connectivity index (χ1) is 13.9. The van der Waals surface area contributed by atoms with Crippen molar-refractivity contribution in [2.24, 2.45) is 0 Å². The number of rotatable bonds is 6. The van der Waals surface area contributed by atoms with Gasteiger partial charge in [-0.15, -0.1) is 11.3 Å². The van der Waals surface area contributed by atoms with Crippen molar-refractivity contribution in [3.05, 3.63) is 57.9 Å². The summed E-state index contributed by atoms with van der Waals surface area (Å²) in [4.78, 5) is 16.5. The van der Waals surface area contributed by atoms with Crippen LogP contribution in [0.15, 0.2) is 47.8 Å². The molecular formula is C19H15Cl2N3O3S2. The number of carbonyl (C=O) groups is 1. The van der Waals surface area contributed by atoms with Crippen molar-refractivity contribution in [3.63, 3.8) is 0 Å². The van der Waals surface area contributed by atoms with E-state index >= 15 is 0 Å². The Morgan fingerprint density at radius 1 is 1.21 bits per heavy atom. The third-order valence-electron chi connectivity index (χ3n) is 3.62. The molecule has 3 rings (SSSR count). The van der Waals surface area contributed by atoms with Crippen molar-refractivity contribution >= 4 is 62.9 Å². The fourth-order valence-corrected chi connectivity index (χ4v) is 3.71. The summed E-state index contributed by atoms with van der Waals surface area (Å²) in [5.74, 6) is 0.697. The van der Waals surface area contributed by atoms with Gasteiger partial charge in [-0.3, -0.25) is 10.1 Å². The lowest BCUT2D eigenvalue weighted by Crippen LogP contribution is -2.37. The quantitative estimate of drug-likeness (QED) is 0.496. The Bertz CT molecular complexity index is 1030. The largest absolute Gasteiger partial charge is 0.497 e. The molecule has 1 amide bonds. The summed E-state index contributed by atoms with van der Waals surface area (Å²) < 4.78 is 10.5. The molecule has 1 heterocycles. The van der Waals surface area contributed by atoms with E-state index in [2.05, 4.69) is 15.6 Å². The van der Waals surface area contributed by atoms with Crippen LogP contribution < -0.4 is 20.1 Å². The zero-order valence-electron chi connectivity index (χ0n) is 15.1. The molecule has 0 aliphatic rings. The van der Waals surface area contributed by atoms with Crippen molar-refractivity contribution in [1.82, 2.24) is 10.3 Å². The van der Waals surface area contributed by atoms with E-state index in [1.54, 1.807) is 19.2 Å². The molecule has 29 heavy (non-hydrogen) atoms. The second-order valence-electron chi connectivity index (χ2n) is 5.63. The molecule has 0 bridgehead atoms. The van der Waals surface area contributed by atoms with Gasteiger partial charge < -0.3 is 14.8 Å². The first kappa shape index (κ1) is 21.3. The van der Waals surface area contributed by atoms with E-state index in [1.165, 1.54) is 17.4 Å². The summed E-state index contributed by atoms with van der Waals surface area (Å²) in [5, 5.41) is 8.79. The van der Waals surface area contributed by atoms with Crippen LogP contribution in [0.2, 0.25) is 10.0 Å². The Kier molecular flexibility index (Phi) is 7.27. The summed E-state index contributed by atoms with van der Waals surface area (Å²) in [5.41, 5.74) is 1.73. The zero-order valence-corrected chi connectivity index (χ0v) is 18.2. The number of hydrogen-bond donors (Lipinski definition) is 2. The number of aromatic nitrogens is 1. The molecule has 0 aliphatic carbocycles. The molecule has 10 heteroatoms. The van der Waals surface area contributed by atoms with Gasteiger partial charge >= 0.3 is 0 Å². The second kappa shape index (κ2) is 9.89. The number of nitrogens with one attached hydrogen (secondary N) is 2. The lowest BCUT2D eigenvalue weighted by molar-refractivity contribution is -0.121. The lowest BCUT2D eigenvalue weighted by atomic mass is 10.2. The van der Waals surface area contributed by atoms with E-state index in [-0.39, 0.29) is 11.7 Å². The van der Waals surface area contributed by atoms with Gasteiger partial charge in [-0.05, 0) is 54.7 Å². The number of amides is 1. The van der Waals surface area contributed by atoms with Gasteiger partial charge in [0.2, 0.25) is 0 Å². The highest BCUT2D eigenvalue weighted by Gasteiger charge is 2.10. The monoisotopic (exact) mass is 467 g/mol. The molecule has 6 nitrogen and oxygen atoms in total. The number of nitrogens with zero attached hydrogens (tertiary/aromatic N) is 1. The predicted molar refractivity (Wildman–Crippen MR) is 120 cm³/mol. The number of thiocarbonyl (C=S) groups is 1. The summed E-state index contributed by atoms with van der Waals surface area (Å²) in [6.45, 7) is -0.252. The normalized spacial score (nSPS) is 10.3. The molecule has 0 aliphatic heterocycles. The van der Waals surface area contributed by atoms with Crippen molar-refractivity contribution in [3.8, 4) is 22.8 Å².